The van der Waals surface area contributed by atoms with Crippen molar-refractivity contribution in [1.82, 2.24) is 4.98 Å². The van der Waals surface area contributed by atoms with E-state index in [9.17, 15) is 8.42 Å². The molecular formula is C9H15N3O2S. The van der Waals surface area contributed by atoms with Gasteiger partial charge in [0.15, 0.2) is 0 Å². The summed E-state index contributed by atoms with van der Waals surface area (Å²) >= 11 is 0. The molecule has 0 radical (unpaired) electrons. The van der Waals surface area contributed by atoms with Gasteiger partial charge in [0.2, 0.25) is 10.0 Å². The highest BCUT2D eigenvalue weighted by atomic mass is 32.2. The zero-order valence-corrected chi connectivity index (χ0v) is 9.63. The summed E-state index contributed by atoms with van der Waals surface area (Å²) in [7, 11) is -3.34. The van der Waals surface area contributed by atoms with Crippen molar-refractivity contribution in [3.63, 3.8) is 0 Å². The zero-order chi connectivity index (χ0) is 11.5. The summed E-state index contributed by atoms with van der Waals surface area (Å²) in [5.41, 5.74) is 7.22. The minimum atomic E-state index is -3.34. The van der Waals surface area contributed by atoms with Crippen molar-refractivity contribution in [3.8, 4) is 0 Å². The van der Waals surface area contributed by atoms with E-state index in [1.165, 1.54) is 0 Å². The fourth-order valence-corrected chi connectivity index (χ4v) is 2.13. The van der Waals surface area contributed by atoms with E-state index in [0.717, 1.165) is 5.69 Å². The number of nitrogens with one attached hydrogen (secondary N) is 1. The van der Waals surface area contributed by atoms with Crippen LogP contribution >= 0.6 is 0 Å². The summed E-state index contributed by atoms with van der Waals surface area (Å²) in [5, 5.41) is 0. The normalized spacial score (nSPS) is 11.4. The third kappa shape index (κ3) is 3.49. The molecular weight excluding hydrogens is 214 g/mol. The molecule has 0 fully saturated rings. The monoisotopic (exact) mass is 229 g/mol. The van der Waals surface area contributed by atoms with Crippen LogP contribution in [0, 0.1) is 13.8 Å². The molecule has 0 saturated heterocycles. The third-order valence-corrected chi connectivity index (χ3v) is 3.18. The number of anilines is 1. The molecule has 0 atom stereocenters. The summed E-state index contributed by atoms with van der Waals surface area (Å²) in [6.07, 6.45) is 0. The fraction of sp³-hybridized carbons (Fsp3) is 0.444. The van der Waals surface area contributed by atoms with Crippen molar-refractivity contribution in [1.29, 1.82) is 0 Å². The number of nitrogens with two attached hydrogens (primary N) is 1. The van der Waals surface area contributed by atoms with Gasteiger partial charge < -0.3 is 5.73 Å². The number of aromatic nitrogens is 1. The number of rotatable bonds is 4. The molecule has 0 saturated carbocycles. The molecule has 5 nitrogen and oxygen atoms in total. The Morgan fingerprint density at radius 3 is 2.60 bits per heavy atom. The molecule has 84 valence electrons. The number of aryl methyl sites for hydroxylation is 2. The van der Waals surface area contributed by atoms with Crippen LogP contribution in [-0.4, -0.2) is 25.7 Å². The Hall–Kier alpha value is -1.14. The van der Waals surface area contributed by atoms with E-state index in [0.29, 0.717) is 11.4 Å². The van der Waals surface area contributed by atoms with Crippen LogP contribution in [0.1, 0.15) is 11.4 Å². The lowest BCUT2D eigenvalue weighted by atomic mass is 10.3. The van der Waals surface area contributed by atoms with E-state index in [4.69, 9.17) is 5.73 Å². The van der Waals surface area contributed by atoms with Gasteiger partial charge in [0.25, 0.3) is 0 Å². The Morgan fingerprint density at radius 1 is 1.40 bits per heavy atom. The van der Waals surface area contributed by atoms with Gasteiger partial charge in [0.05, 0.1) is 17.1 Å². The van der Waals surface area contributed by atoms with E-state index < -0.39 is 10.0 Å². The van der Waals surface area contributed by atoms with Crippen LogP contribution < -0.4 is 10.5 Å². The summed E-state index contributed by atoms with van der Waals surface area (Å²) in [5.74, 6) is -0.0830. The third-order valence-electron chi connectivity index (χ3n) is 1.88. The molecule has 0 aliphatic heterocycles. The highest BCUT2D eigenvalue weighted by Gasteiger charge is 2.10. The van der Waals surface area contributed by atoms with Gasteiger partial charge in [-0.1, -0.05) is 0 Å². The van der Waals surface area contributed by atoms with E-state index in [1.807, 2.05) is 6.92 Å². The van der Waals surface area contributed by atoms with Crippen LogP contribution in [0.15, 0.2) is 12.1 Å². The van der Waals surface area contributed by atoms with E-state index in [-0.39, 0.29) is 12.3 Å². The van der Waals surface area contributed by atoms with Crippen LogP contribution in [0.2, 0.25) is 0 Å². The summed E-state index contributed by atoms with van der Waals surface area (Å²) in [6.45, 7) is 3.71. The number of sulfonamides is 1. The van der Waals surface area contributed by atoms with Crippen LogP contribution in [-0.2, 0) is 10.0 Å². The maximum atomic E-state index is 11.4. The fourth-order valence-electron chi connectivity index (χ4n) is 1.17. The van der Waals surface area contributed by atoms with E-state index in [1.54, 1.807) is 19.1 Å². The van der Waals surface area contributed by atoms with Crippen molar-refractivity contribution >= 4 is 15.7 Å². The molecule has 3 N–H and O–H groups in total. The second-order valence-corrected chi connectivity index (χ2v) is 5.14. The van der Waals surface area contributed by atoms with Gasteiger partial charge in [-0.2, -0.15) is 0 Å². The summed E-state index contributed by atoms with van der Waals surface area (Å²) in [6, 6.07) is 3.46. The highest BCUT2D eigenvalue weighted by molar-refractivity contribution is 7.92. The van der Waals surface area contributed by atoms with E-state index in [2.05, 4.69) is 9.71 Å². The predicted molar refractivity (Wildman–Crippen MR) is 60.2 cm³/mol. The predicted octanol–water partition coefficient (Wildman–Crippen LogP) is 0.399. The average Bonchev–Trinajstić information content (AvgIpc) is 2.09. The maximum absolute atomic E-state index is 11.4. The van der Waals surface area contributed by atoms with Crippen molar-refractivity contribution in [3.05, 3.63) is 23.5 Å². The average molecular weight is 229 g/mol. The molecule has 1 heterocycles. The Morgan fingerprint density at radius 2 is 2.07 bits per heavy atom. The lowest BCUT2D eigenvalue weighted by molar-refractivity contribution is 0.601. The standard InChI is InChI=1S/C9H15N3O2S/c1-7-3-4-9(8(2)11-7)12-15(13,14)6-5-10/h3-4,12H,5-6,10H2,1-2H3. The van der Waals surface area contributed by atoms with Gasteiger partial charge in [0.1, 0.15) is 0 Å². The minimum Gasteiger partial charge on any atom is -0.329 e. The van der Waals surface area contributed by atoms with Crippen LogP contribution in [0.4, 0.5) is 5.69 Å². The van der Waals surface area contributed by atoms with Crippen molar-refractivity contribution < 1.29 is 8.42 Å². The molecule has 1 aromatic heterocycles. The molecule has 6 heteroatoms. The first-order valence-corrected chi connectivity index (χ1v) is 6.24. The van der Waals surface area contributed by atoms with Crippen molar-refractivity contribution in [2.45, 2.75) is 13.8 Å². The first kappa shape index (κ1) is 11.9. The zero-order valence-electron chi connectivity index (χ0n) is 8.82. The Balaban J connectivity index is 2.90. The molecule has 0 unspecified atom stereocenters. The second kappa shape index (κ2) is 4.59. The molecule has 15 heavy (non-hydrogen) atoms. The highest BCUT2D eigenvalue weighted by Crippen LogP contribution is 2.14. The summed E-state index contributed by atoms with van der Waals surface area (Å²) < 4.78 is 25.3. The quantitative estimate of drug-likeness (QED) is 0.782. The first-order valence-electron chi connectivity index (χ1n) is 4.59. The maximum Gasteiger partial charge on any atom is 0.234 e. The Kier molecular flexibility index (Phi) is 3.65. The van der Waals surface area contributed by atoms with E-state index >= 15 is 0 Å². The molecule has 0 aromatic carbocycles. The lowest BCUT2D eigenvalue weighted by Gasteiger charge is -2.09. The second-order valence-electron chi connectivity index (χ2n) is 3.30. The van der Waals surface area contributed by atoms with Gasteiger partial charge >= 0.3 is 0 Å². The molecule has 0 amide bonds. The van der Waals surface area contributed by atoms with Gasteiger partial charge in [0, 0.05) is 12.2 Å². The number of hydrogen-bond acceptors (Lipinski definition) is 4. The van der Waals surface area contributed by atoms with Crippen molar-refractivity contribution in [2.24, 2.45) is 5.73 Å². The number of nitrogens with zero attached hydrogens (tertiary/aromatic N) is 1. The SMILES string of the molecule is Cc1ccc(NS(=O)(=O)CCN)c(C)n1. The number of pyridine rings is 1. The smallest absolute Gasteiger partial charge is 0.234 e. The Labute approximate surface area is 89.8 Å². The van der Waals surface area contributed by atoms with Crippen molar-refractivity contribution in [2.75, 3.05) is 17.0 Å². The van der Waals surface area contributed by atoms with Crippen LogP contribution in [0.25, 0.3) is 0 Å². The molecule has 1 rings (SSSR count). The molecule has 0 aliphatic rings. The topological polar surface area (TPSA) is 85.1 Å². The van der Waals surface area contributed by atoms with Gasteiger partial charge in [-0.05, 0) is 26.0 Å². The molecule has 0 aliphatic carbocycles. The molecule has 1 aromatic rings. The van der Waals surface area contributed by atoms with Gasteiger partial charge in [-0.15, -0.1) is 0 Å². The van der Waals surface area contributed by atoms with Crippen LogP contribution in [0.5, 0.6) is 0 Å². The van der Waals surface area contributed by atoms with Gasteiger partial charge in [-0.3, -0.25) is 9.71 Å². The first-order chi connectivity index (χ1) is 6.94. The lowest BCUT2D eigenvalue weighted by Crippen LogP contribution is -2.22. The van der Waals surface area contributed by atoms with Crippen LogP contribution in [0.3, 0.4) is 0 Å². The summed E-state index contributed by atoms with van der Waals surface area (Å²) in [4.78, 5) is 4.16. The molecule has 0 bridgehead atoms. The largest absolute Gasteiger partial charge is 0.329 e. The van der Waals surface area contributed by atoms with Gasteiger partial charge in [-0.25, -0.2) is 8.42 Å². The molecule has 0 spiro atoms. The Bertz CT molecular complexity index is 443. The number of hydrogen-bond donors (Lipinski definition) is 2. The minimum absolute atomic E-state index is 0.0830.